The van der Waals surface area contributed by atoms with Gasteiger partial charge in [0.15, 0.2) is 0 Å². The van der Waals surface area contributed by atoms with E-state index >= 15 is 0 Å². The topological polar surface area (TPSA) is 98.3 Å². The second kappa shape index (κ2) is 5.96. The van der Waals surface area contributed by atoms with Gasteiger partial charge in [-0.1, -0.05) is 5.16 Å². The number of rotatable bonds is 5. The molecule has 1 N–H and O–H groups in total. The van der Waals surface area contributed by atoms with Crippen LogP contribution in [0.2, 0.25) is 0 Å². The molecule has 7 heteroatoms. The smallest absolute Gasteiger partial charge is 0.269 e. The van der Waals surface area contributed by atoms with Crippen molar-refractivity contribution in [3.8, 4) is 0 Å². The summed E-state index contributed by atoms with van der Waals surface area (Å²) in [6.07, 6.45) is 0.541. The van der Waals surface area contributed by atoms with Crippen LogP contribution in [0.25, 0.3) is 0 Å². The van der Waals surface area contributed by atoms with Crippen molar-refractivity contribution in [2.45, 2.75) is 13.3 Å². The third-order valence-electron chi connectivity index (χ3n) is 2.67. The molecule has 0 unspecified atom stereocenters. The predicted octanol–water partition coefficient (Wildman–Crippen LogP) is 1.86. The molecular formula is C13H13N3O4. The van der Waals surface area contributed by atoms with E-state index in [4.69, 9.17) is 4.52 Å². The van der Waals surface area contributed by atoms with E-state index in [0.717, 1.165) is 5.69 Å². The molecule has 1 aromatic heterocycles. The van der Waals surface area contributed by atoms with Crippen molar-refractivity contribution in [3.05, 3.63) is 57.5 Å². The van der Waals surface area contributed by atoms with Crippen molar-refractivity contribution in [1.82, 2.24) is 10.5 Å². The molecule has 0 saturated carbocycles. The molecule has 0 saturated heterocycles. The summed E-state index contributed by atoms with van der Waals surface area (Å²) in [6.45, 7) is 2.23. The third kappa shape index (κ3) is 3.41. The predicted molar refractivity (Wildman–Crippen MR) is 70.4 cm³/mol. The molecular weight excluding hydrogens is 262 g/mol. The molecule has 7 nitrogen and oxygen atoms in total. The minimum Gasteiger partial charge on any atom is -0.361 e. The second-order valence-corrected chi connectivity index (χ2v) is 4.24. The summed E-state index contributed by atoms with van der Waals surface area (Å²) in [5, 5.41) is 17.0. The lowest BCUT2D eigenvalue weighted by atomic mass is 10.2. The molecule has 0 aliphatic rings. The van der Waals surface area contributed by atoms with Crippen molar-refractivity contribution in [2.75, 3.05) is 6.54 Å². The highest BCUT2D eigenvalue weighted by molar-refractivity contribution is 5.94. The molecule has 1 aromatic carbocycles. The molecule has 0 atom stereocenters. The summed E-state index contributed by atoms with van der Waals surface area (Å²) >= 11 is 0. The summed E-state index contributed by atoms with van der Waals surface area (Å²) < 4.78 is 5.02. The first-order valence-electron chi connectivity index (χ1n) is 6.01. The van der Waals surface area contributed by atoms with Crippen molar-refractivity contribution < 1.29 is 14.2 Å². The minimum atomic E-state index is -0.506. The summed E-state index contributed by atoms with van der Waals surface area (Å²) in [5.41, 5.74) is 1.13. The standard InChI is InChI=1S/C13H13N3O4/c1-9-8-12(20-15-9)6-7-14-13(17)10-2-4-11(5-3-10)16(18)19/h2-5,8H,6-7H2,1H3,(H,14,17). The number of amides is 1. The molecule has 0 aliphatic carbocycles. The monoisotopic (exact) mass is 275 g/mol. The van der Waals surface area contributed by atoms with Crippen molar-refractivity contribution >= 4 is 11.6 Å². The van der Waals surface area contributed by atoms with Crippen molar-refractivity contribution in [2.24, 2.45) is 0 Å². The maximum atomic E-state index is 11.8. The molecule has 104 valence electrons. The average Bonchev–Trinajstić information content (AvgIpc) is 2.84. The summed E-state index contributed by atoms with van der Waals surface area (Å²) in [5.74, 6) is 0.419. The van der Waals surface area contributed by atoms with Gasteiger partial charge in [0.05, 0.1) is 10.6 Å². The molecule has 0 fully saturated rings. The number of hydrogen-bond donors (Lipinski definition) is 1. The van der Waals surface area contributed by atoms with E-state index in [2.05, 4.69) is 10.5 Å². The van der Waals surface area contributed by atoms with Gasteiger partial charge in [-0.2, -0.15) is 0 Å². The van der Waals surface area contributed by atoms with Gasteiger partial charge < -0.3 is 9.84 Å². The normalized spacial score (nSPS) is 10.2. The molecule has 0 spiro atoms. The lowest BCUT2D eigenvalue weighted by Gasteiger charge is -2.03. The van der Waals surface area contributed by atoms with Crippen LogP contribution < -0.4 is 5.32 Å². The zero-order chi connectivity index (χ0) is 14.5. The first kappa shape index (κ1) is 13.7. The fraction of sp³-hybridized carbons (Fsp3) is 0.231. The van der Waals surface area contributed by atoms with Gasteiger partial charge in [-0.3, -0.25) is 14.9 Å². The Hall–Kier alpha value is -2.70. The van der Waals surface area contributed by atoms with Crippen LogP contribution in [0.5, 0.6) is 0 Å². The van der Waals surface area contributed by atoms with E-state index in [0.29, 0.717) is 24.3 Å². The third-order valence-corrected chi connectivity index (χ3v) is 2.67. The van der Waals surface area contributed by atoms with E-state index in [1.54, 1.807) is 6.07 Å². The highest BCUT2D eigenvalue weighted by Crippen LogP contribution is 2.11. The number of hydrogen-bond acceptors (Lipinski definition) is 5. The SMILES string of the molecule is Cc1cc(CCNC(=O)c2ccc([N+](=O)[O-])cc2)on1. The molecule has 2 aromatic rings. The van der Waals surface area contributed by atoms with E-state index < -0.39 is 4.92 Å². The zero-order valence-electron chi connectivity index (χ0n) is 10.8. The Morgan fingerprint density at radius 3 is 2.65 bits per heavy atom. The number of carbonyl (C=O) groups excluding carboxylic acids is 1. The molecule has 0 radical (unpaired) electrons. The van der Waals surface area contributed by atoms with Crippen LogP contribution in [-0.4, -0.2) is 22.5 Å². The maximum Gasteiger partial charge on any atom is 0.269 e. The Morgan fingerprint density at radius 2 is 2.10 bits per heavy atom. The van der Waals surface area contributed by atoms with Crippen LogP contribution in [0, 0.1) is 17.0 Å². The largest absolute Gasteiger partial charge is 0.361 e. The van der Waals surface area contributed by atoms with Crippen molar-refractivity contribution in [3.63, 3.8) is 0 Å². The number of nitro benzene ring substituents is 1. The number of nitrogens with one attached hydrogen (secondary N) is 1. The Bertz CT molecular complexity index is 619. The first-order valence-corrected chi connectivity index (χ1v) is 6.01. The highest BCUT2D eigenvalue weighted by atomic mass is 16.6. The average molecular weight is 275 g/mol. The molecule has 0 aliphatic heterocycles. The van der Waals surface area contributed by atoms with Gasteiger partial charge in [0.1, 0.15) is 5.76 Å². The van der Waals surface area contributed by atoms with Gasteiger partial charge in [-0.15, -0.1) is 0 Å². The number of non-ortho nitro benzene ring substituents is 1. The molecule has 0 bridgehead atoms. The summed E-state index contributed by atoms with van der Waals surface area (Å²) in [7, 11) is 0. The molecule has 2 rings (SSSR count). The number of nitro groups is 1. The van der Waals surface area contributed by atoms with E-state index in [-0.39, 0.29) is 11.6 Å². The maximum absolute atomic E-state index is 11.8. The minimum absolute atomic E-state index is 0.0429. The lowest BCUT2D eigenvalue weighted by Crippen LogP contribution is -2.25. The van der Waals surface area contributed by atoms with E-state index in [1.165, 1.54) is 24.3 Å². The molecule has 1 amide bonds. The van der Waals surface area contributed by atoms with Crippen LogP contribution in [0.3, 0.4) is 0 Å². The number of aromatic nitrogens is 1. The van der Waals surface area contributed by atoms with Gasteiger partial charge >= 0.3 is 0 Å². The Labute approximate surface area is 114 Å². The Balaban J connectivity index is 1.86. The van der Waals surface area contributed by atoms with E-state index in [1.807, 2.05) is 6.92 Å². The fourth-order valence-corrected chi connectivity index (χ4v) is 1.67. The number of nitrogens with zero attached hydrogens (tertiary/aromatic N) is 2. The van der Waals surface area contributed by atoms with Crippen LogP contribution in [0.15, 0.2) is 34.9 Å². The van der Waals surface area contributed by atoms with Gasteiger partial charge in [-0.25, -0.2) is 0 Å². The van der Waals surface area contributed by atoms with Gasteiger partial charge in [0.25, 0.3) is 11.6 Å². The molecule has 20 heavy (non-hydrogen) atoms. The molecule has 1 heterocycles. The Morgan fingerprint density at radius 1 is 1.40 bits per heavy atom. The van der Waals surface area contributed by atoms with Crippen LogP contribution in [0.4, 0.5) is 5.69 Å². The number of carbonyl (C=O) groups is 1. The summed E-state index contributed by atoms with van der Waals surface area (Å²) in [6, 6.07) is 7.25. The van der Waals surface area contributed by atoms with Gasteiger partial charge in [0.2, 0.25) is 0 Å². The quantitative estimate of drug-likeness (QED) is 0.663. The van der Waals surface area contributed by atoms with Crippen LogP contribution in [-0.2, 0) is 6.42 Å². The van der Waals surface area contributed by atoms with Crippen molar-refractivity contribution in [1.29, 1.82) is 0 Å². The van der Waals surface area contributed by atoms with Crippen LogP contribution >= 0.6 is 0 Å². The first-order chi connectivity index (χ1) is 9.56. The second-order valence-electron chi connectivity index (χ2n) is 4.24. The Kier molecular flexibility index (Phi) is 4.09. The lowest BCUT2D eigenvalue weighted by molar-refractivity contribution is -0.384. The van der Waals surface area contributed by atoms with Crippen LogP contribution in [0.1, 0.15) is 21.8 Å². The fourth-order valence-electron chi connectivity index (χ4n) is 1.67. The van der Waals surface area contributed by atoms with Gasteiger partial charge in [-0.05, 0) is 19.1 Å². The highest BCUT2D eigenvalue weighted by Gasteiger charge is 2.09. The zero-order valence-corrected chi connectivity index (χ0v) is 10.8. The van der Waals surface area contributed by atoms with E-state index in [9.17, 15) is 14.9 Å². The summed E-state index contributed by atoms with van der Waals surface area (Å²) in [4.78, 5) is 21.8. The number of benzene rings is 1. The number of aryl methyl sites for hydroxylation is 1. The van der Waals surface area contributed by atoms with Gasteiger partial charge in [0, 0.05) is 36.7 Å².